The summed E-state index contributed by atoms with van der Waals surface area (Å²) in [7, 11) is 0. The summed E-state index contributed by atoms with van der Waals surface area (Å²) in [6, 6.07) is 2.04. The first-order valence-corrected chi connectivity index (χ1v) is 7.58. The van der Waals surface area contributed by atoms with E-state index >= 15 is 0 Å². The van der Waals surface area contributed by atoms with Gasteiger partial charge in [0.05, 0.1) is 0 Å². The van der Waals surface area contributed by atoms with E-state index in [1.54, 1.807) is 0 Å². The lowest BCUT2D eigenvalue weighted by atomic mass is 9.85. The van der Waals surface area contributed by atoms with Crippen molar-refractivity contribution in [3.05, 3.63) is 16.5 Å². The zero-order valence-electron chi connectivity index (χ0n) is 11.5. The van der Waals surface area contributed by atoms with Crippen molar-refractivity contribution in [2.75, 3.05) is 18.0 Å². The number of nitrogens with zero attached hydrogens (tertiary/aromatic N) is 3. The maximum absolute atomic E-state index is 4.65. The van der Waals surface area contributed by atoms with Crippen molar-refractivity contribution in [2.24, 2.45) is 5.41 Å². The predicted octanol–water partition coefficient (Wildman–Crippen LogP) is 3.82. The van der Waals surface area contributed by atoms with Crippen LogP contribution in [0.2, 0.25) is 0 Å². The van der Waals surface area contributed by atoms with Crippen LogP contribution in [-0.2, 0) is 6.42 Å². The summed E-state index contributed by atoms with van der Waals surface area (Å²) in [6.07, 6.45) is 4.66. The fourth-order valence-electron chi connectivity index (χ4n) is 2.42. The number of aromatic nitrogens is 2. The third kappa shape index (κ3) is 3.44. The summed E-state index contributed by atoms with van der Waals surface area (Å²) in [5.41, 5.74) is 0.465. The summed E-state index contributed by atoms with van der Waals surface area (Å²) in [5, 5.41) is 0. The normalized spacial score (nSPS) is 19.7. The molecule has 1 fully saturated rings. The average Bonchev–Trinajstić information content (AvgIpc) is 2.49. The van der Waals surface area contributed by atoms with Crippen molar-refractivity contribution >= 4 is 21.7 Å². The van der Waals surface area contributed by atoms with E-state index in [-0.39, 0.29) is 0 Å². The smallest absolute Gasteiger partial charge is 0.133 e. The lowest BCUT2D eigenvalue weighted by Gasteiger charge is -2.24. The van der Waals surface area contributed by atoms with Crippen molar-refractivity contribution in [1.29, 1.82) is 0 Å². The lowest BCUT2D eigenvalue weighted by Crippen LogP contribution is -2.26. The average molecular weight is 312 g/mol. The minimum atomic E-state index is 0.465. The van der Waals surface area contributed by atoms with E-state index in [1.165, 1.54) is 19.3 Å². The molecule has 0 saturated carbocycles. The molecule has 0 aromatic carbocycles. The minimum Gasteiger partial charge on any atom is -0.356 e. The molecule has 0 spiro atoms. The molecule has 0 N–H and O–H groups in total. The third-order valence-corrected chi connectivity index (χ3v) is 4.11. The molecule has 1 aromatic rings. The Hall–Kier alpha value is -0.640. The maximum atomic E-state index is 4.65. The molecule has 4 heteroatoms. The van der Waals surface area contributed by atoms with E-state index < -0.39 is 0 Å². The molecule has 100 valence electrons. The summed E-state index contributed by atoms with van der Waals surface area (Å²) in [5.74, 6) is 1.99. The van der Waals surface area contributed by atoms with Gasteiger partial charge in [-0.25, -0.2) is 9.97 Å². The molecule has 2 rings (SSSR count). The SMILES string of the molecule is CCc1nc(Br)cc(N2CCCC(C)(C)CC2)n1. The number of rotatable bonds is 2. The fraction of sp³-hybridized carbons (Fsp3) is 0.714. The van der Waals surface area contributed by atoms with Gasteiger partial charge in [-0.05, 0) is 40.6 Å². The van der Waals surface area contributed by atoms with Gasteiger partial charge in [-0.1, -0.05) is 20.8 Å². The van der Waals surface area contributed by atoms with Gasteiger partial charge in [-0.2, -0.15) is 0 Å². The van der Waals surface area contributed by atoms with E-state index in [0.717, 1.165) is 35.8 Å². The molecule has 1 aliphatic heterocycles. The van der Waals surface area contributed by atoms with Crippen molar-refractivity contribution < 1.29 is 0 Å². The van der Waals surface area contributed by atoms with Crippen LogP contribution in [0.25, 0.3) is 0 Å². The quantitative estimate of drug-likeness (QED) is 0.778. The molecule has 2 heterocycles. The van der Waals surface area contributed by atoms with Gasteiger partial charge in [0.25, 0.3) is 0 Å². The van der Waals surface area contributed by atoms with Gasteiger partial charge in [0.2, 0.25) is 0 Å². The van der Waals surface area contributed by atoms with E-state index in [1.807, 2.05) is 6.07 Å². The number of anilines is 1. The Bertz CT molecular complexity index is 418. The summed E-state index contributed by atoms with van der Waals surface area (Å²) in [6.45, 7) is 9.03. The molecule has 3 nitrogen and oxygen atoms in total. The molecule has 1 saturated heterocycles. The number of hydrogen-bond donors (Lipinski definition) is 0. The predicted molar refractivity (Wildman–Crippen MR) is 79.0 cm³/mol. The highest BCUT2D eigenvalue weighted by Gasteiger charge is 2.23. The third-order valence-electron chi connectivity index (χ3n) is 3.71. The number of aryl methyl sites for hydroxylation is 1. The van der Waals surface area contributed by atoms with Crippen LogP contribution in [0.4, 0.5) is 5.82 Å². The van der Waals surface area contributed by atoms with E-state index in [9.17, 15) is 0 Å². The lowest BCUT2D eigenvalue weighted by molar-refractivity contribution is 0.325. The van der Waals surface area contributed by atoms with Gasteiger partial charge in [-0.15, -0.1) is 0 Å². The van der Waals surface area contributed by atoms with Crippen LogP contribution < -0.4 is 4.90 Å². The van der Waals surface area contributed by atoms with Gasteiger partial charge in [0.15, 0.2) is 0 Å². The van der Waals surface area contributed by atoms with Gasteiger partial charge in [0, 0.05) is 25.6 Å². The van der Waals surface area contributed by atoms with Gasteiger partial charge < -0.3 is 4.90 Å². The van der Waals surface area contributed by atoms with Crippen LogP contribution >= 0.6 is 15.9 Å². The minimum absolute atomic E-state index is 0.465. The van der Waals surface area contributed by atoms with E-state index in [4.69, 9.17) is 0 Å². The monoisotopic (exact) mass is 311 g/mol. The number of halogens is 1. The Morgan fingerprint density at radius 3 is 2.78 bits per heavy atom. The van der Waals surface area contributed by atoms with Crippen molar-refractivity contribution in [2.45, 2.75) is 46.5 Å². The van der Waals surface area contributed by atoms with Crippen molar-refractivity contribution in [1.82, 2.24) is 9.97 Å². The van der Waals surface area contributed by atoms with E-state index in [0.29, 0.717) is 5.41 Å². The fourth-order valence-corrected chi connectivity index (χ4v) is 2.83. The summed E-state index contributed by atoms with van der Waals surface area (Å²) >= 11 is 3.48. The van der Waals surface area contributed by atoms with E-state index in [2.05, 4.69) is 51.6 Å². The molecule has 1 aromatic heterocycles. The summed E-state index contributed by atoms with van der Waals surface area (Å²) < 4.78 is 0.896. The van der Waals surface area contributed by atoms with Crippen LogP contribution in [0.1, 0.15) is 45.9 Å². The van der Waals surface area contributed by atoms with Crippen LogP contribution in [0.15, 0.2) is 10.7 Å². The Labute approximate surface area is 118 Å². The topological polar surface area (TPSA) is 29.0 Å². The molecule has 0 atom stereocenters. The maximum Gasteiger partial charge on any atom is 0.133 e. The van der Waals surface area contributed by atoms with Crippen LogP contribution in [0.5, 0.6) is 0 Å². The molecule has 0 aliphatic carbocycles. The van der Waals surface area contributed by atoms with Gasteiger partial charge in [-0.3, -0.25) is 0 Å². The zero-order chi connectivity index (χ0) is 13.2. The zero-order valence-corrected chi connectivity index (χ0v) is 13.1. The largest absolute Gasteiger partial charge is 0.356 e. The molecular formula is C14H22BrN3. The first-order chi connectivity index (χ1) is 8.50. The van der Waals surface area contributed by atoms with Crippen molar-refractivity contribution in [3.63, 3.8) is 0 Å². The Morgan fingerprint density at radius 2 is 2.06 bits per heavy atom. The van der Waals surface area contributed by atoms with Gasteiger partial charge in [0.1, 0.15) is 16.2 Å². The molecule has 1 aliphatic rings. The van der Waals surface area contributed by atoms with Gasteiger partial charge >= 0.3 is 0 Å². The van der Waals surface area contributed by atoms with Crippen molar-refractivity contribution in [3.8, 4) is 0 Å². The standard InChI is InChI=1S/C14H22BrN3/c1-4-12-16-11(15)10-13(17-12)18-8-5-6-14(2,3)7-9-18/h10H,4-9H2,1-3H3. The first-order valence-electron chi connectivity index (χ1n) is 6.78. The Morgan fingerprint density at radius 1 is 1.28 bits per heavy atom. The molecule has 0 bridgehead atoms. The molecular weight excluding hydrogens is 290 g/mol. The molecule has 18 heavy (non-hydrogen) atoms. The highest BCUT2D eigenvalue weighted by molar-refractivity contribution is 9.10. The second-order valence-corrected chi connectivity index (χ2v) is 6.64. The van der Waals surface area contributed by atoms with Crippen LogP contribution in [0, 0.1) is 5.41 Å². The van der Waals surface area contributed by atoms with Crippen LogP contribution in [0.3, 0.4) is 0 Å². The highest BCUT2D eigenvalue weighted by atomic mass is 79.9. The Kier molecular flexibility index (Phi) is 4.25. The van der Waals surface area contributed by atoms with Crippen LogP contribution in [-0.4, -0.2) is 23.1 Å². The number of hydrogen-bond acceptors (Lipinski definition) is 3. The molecule has 0 radical (unpaired) electrons. The second-order valence-electron chi connectivity index (χ2n) is 5.82. The molecule has 0 unspecified atom stereocenters. The highest BCUT2D eigenvalue weighted by Crippen LogP contribution is 2.31. The summed E-state index contributed by atoms with van der Waals surface area (Å²) in [4.78, 5) is 11.4. The Balaban J connectivity index is 2.18. The second kappa shape index (κ2) is 5.55. The first kappa shape index (κ1) is 13.8. The molecule has 0 amide bonds.